The molecule has 0 bridgehead atoms. The van der Waals surface area contributed by atoms with E-state index in [0.29, 0.717) is 12.0 Å². The average molecular weight is 348 g/mol. The molecule has 134 valence electrons. The maximum Gasteiger partial charge on any atom is 0.411 e. The molecule has 0 fully saturated rings. The van der Waals surface area contributed by atoms with Gasteiger partial charge in [0, 0.05) is 12.1 Å². The highest BCUT2D eigenvalue weighted by Gasteiger charge is 2.20. The van der Waals surface area contributed by atoms with Crippen LogP contribution < -0.4 is 0 Å². The second kappa shape index (κ2) is 9.93. The van der Waals surface area contributed by atoms with Gasteiger partial charge in [-0.25, -0.2) is 4.79 Å². The minimum Gasteiger partial charge on any atom is -0.461 e. The van der Waals surface area contributed by atoms with Gasteiger partial charge in [-0.2, -0.15) is 0 Å². The van der Waals surface area contributed by atoms with Gasteiger partial charge < -0.3 is 9.47 Å². The van der Waals surface area contributed by atoms with Crippen LogP contribution in [0.3, 0.4) is 0 Å². The summed E-state index contributed by atoms with van der Waals surface area (Å²) in [5, 5.41) is 10.6. The number of esters is 1. The van der Waals surface area contributed by atoms with Crippen molar-refractivity contribution in [2.24, 2.45) is 0 Å². The van der Waals surface area contributed by atoms with Gasteiger partial charge in [0.1, 0.15) is 13.2 Å². The van der Waals surface area contributed by atoms with Crippen LogP contribution in [0.15, 0.2) is 24.3 Å². The summed E-state index contributed by atoms with van der Waals surface area (Å²) in [5.41, 5.74) is 0.513. The Morgan fingerprint density at radius 2 is 2.00 bits per heavy atom. The number of nitro groups is 1. The third-order valence-electron chi connectivity index (χ3n) is 3.28. The standard InChI is InChI=1S/C17H20N2O6/c1-4-10-18(11-16(20)25-13(3)5-2)17(21)24-12-14-6-8-15(9-7-14)19(22)23/h1,6-9,13H,5,10-12H2,2-3H3. The second-order valence-electron chi connectivity index (χ2n) is 5.25. The lowest BCUT2D eigenvalue weighted by molar-refractivity contribution is -0.384. The molecule has 1 aromatic rings. The highest BCUT2D eigenvalue weighted by Crippen LogP contribution is 2.13. The number of hydrogen-bond donors (Lipinski definition) is 0. The first-order valence-corrected chi connectivity index (χ1v) is 7.65. The number of rotatable bonds is 8. The summed E-state index contributed by atoms with van der Waals surface area (Å²) in [7, 11) is 0. The Morgan fingerprint density at radius 1 is 1.36 bits per heavy atom. The van der Waals surface area contributed by atoms with Crippen LogP contribution >= 0.6 is 0 Å². The number of hydrogen-bond acceptors (Lipinski definition) is 6. The molecule has 0 saturated heterocycles. The number of non-ortho nitro benzene ring substituents is 1. The number of nitrogens with zero attached hydrogens (tertiary/aromatic N) is 2. The predicted molar refractivity (Wildman–Crippen MR) is 89.5 cm³/mol. The maximum absolute atomic E-state index is 12.1. The van der Waals surface area contributed by atoms with Crippen molar-refractivity contribution in [3.8, 4) is 12.3 Å². The first-order valence-electron chi connectivity index (χ1n) is 7.65. The smallest absolute Gasteiger partial charge is 0.411 e. The lowest BCUT2D eigenvalue weighted by Crippen LogP contribution is -2.37. The van der Waals surface area contributed by atoms with E-state index in [-0.39, 0.29) is 31.5 Å². The molecule has 0 radical (unpaired) electrons. The van der Waals surface area contributed by atoms with Gasteiger partial charge in [-0.1, -0.05) is 12.8 Å². The molecule has 1 amide bonds. The van der Waals surface area contributed by atoms with Crippen molar-refractivity contribution in [3.05, 3.63) is 39.9 Å². The van der Waals surface area contributed by atoms with Crippen LogP contribution in [0.1, 0.15) is 25.8 Å². The maximum atomic E-state index is 12.1. The predicted octanol–water partition coefficient (Wildman–Crippen LogP) is 2.51. The fraction of sp³-hybridized carbons (Fsp3) is 0.412. The second-order valence-corrected chi connectivity index (χ2v) is 5.25. The number of nitro benzene ring substituents is 1. The van der Waals surface area contributed by atoms with E-state index in [1.54, 1.807) is 6.92 Å². The Morgan fingerprint density at radius 3 is 2.52 bits per heavy atom. The number of carbonyl (C=O) groups excluding carboxylic acids is 2. The summed E-state index contributed by atoms with van der Waals surface area (Å²) in [6, 6.07) is 5.58. The minimum absolute atomic E-state index is 0.0585. The number of benzene rings is 1. The zero-order chi connectivity index (χ0) is 18.8. The zero-order valence-electron chi connectivity index (χ0n) is 14.1. The molecule has 0 spiro atoms. The van der Waals surface area contributed by atoms with Gasteiger partial charge in [0.05, 0.1) is 17.6 Å². The minimum atomic E-state index is -0.766. The van der Waals surface area contributed by atoms with Gasteiger partial charge in [-0.15, -0.1) is 6.42 Å². The molecule has 8 nitrogen and oxygen atoms in total. The Balaban J connectivity index is 2.59. The fourth-order valence-electron chi connectivity index (χ4n) is 1.75. The monoisotopic (exact) mass is 348 g/mol. The highest BCUT2D eigenvalue weighted by molar-refractivity contribution is 5.78. The van der Waals surface area contributed by atoms with Crippen LogP contribution in [0.5, 0.6) is 0 Å². The van der Waals surface area contributed by atoms with E-state index in [2.05, 4.69) is 5.92 Å². The van der Waals surface area contributed by atoms with Crippen molar-refractivity contribution < 1.29 is 24.0 Å². The van der Waals surface area contributed by atoms with E-state index in [4.69, 9.17) is 15.9 Å². The first-order chi connectivity index (χ1) is 11.9. The molecule has 0 heterocycles. The third kappa shape index (κ3) is 6.91. The van der Waals surface area contributed by atoms with E-state index >= 15 is 0 Å². The van der Waals surface area contributed by atoms with Gasteiger partial charge in [0.2, 0.25) is 0 Å². The molecule has 0 aliphatic carbocycles. The van der Waals surface area contributed by atoms with Crippen LogP contribution in [0.2, 0.25) is 0 Å². The lowest BCUT2D eigenvalue weighted by Gasteiger charge is -2.20. The Labute approximate surface area is 145 Å². The SMILES string of the molecule is C#CCN(CC(=O)OC(C)CC)C(=O)OCc1ccc([N+](=O)[O-])cc1. The summed E-state index contributed by atoms with van der Waals surface area (Å²) < 4.78 is 10.2. The molecule has 0 aromatic heterocycles. The van der Waals surface area contributed by atoms with Gasteiger partial charge >= 0.3 is 12.1 Å². The number of amides is 1. The van der Waals surface area contributed by atoms with Gasteiger partial charge in [0.15, 0.2) is 0 Å². The highest BCUT2D eigenvalue weighted by atomic mass is 16.6. The molecule has 8 heteroatoms. The van der Waals surface area contributed by atoms with E-state index in [9.17, 15) is 19.7 Å². The van der Waals surface area contributed by atoms with Crippen molar-refractivity contribution in [1.82, 2.24) is 4.90 Å². The molecular weight excluding hydrogens is 328 g/mol. The molecule has 0 saturated carbocycles. The fourth-order valence-corrected chi connectivity index (χ4v) is 1.75. The van der Waals surface area contributed by atoms with Crippen LogP contribution in [0.25, 0.3) is 0 Å². The van der Waals surface area contributed by atoms with E-state index in [1.807, 2.05) is 6.92 Å². The Hall–Kier alpha value is -3.08. The van der Waals surface area contributed by atoms with E-state index < -0.39 is 17.0 Å². The van der Waals surface area contributed by atoms with E-state index in [1.165, 1.54) is 24.3 Å². The normalized spacial score (nSPS) is 11.1. The summed E-state index contributed by atoms with van der Waals surface area (Å²) in [6.07, 6.45) is 4.85. The third-order valence-corrected chi connectivity index (χ3v) is 3.28. The Kier molecular flexibility index (Phi) is 7.93. The molecule has 1 unspecified atom stereocenters. The summed E-state index contributed by atoms with van der Waals surface area (Å²) in [4.78, 5) is 35.0. The van der Waals surface area contributed by atoms with Crippen molar-refractivity contribution >= 4 is 17.7 Å². The summed E-state index contributed by atoms with van der Waals surface area (Å²) in [5.74, 6) is 1.71. The van der Waals surface area contributed by atoms with Crippen molar-refractivity contribution in [1.29, 1.82) is 0 Å². The molecule has 1 aromatic carbocycles. The molecule has 1 atom stereocenters. The molecule has 0 N–H and O–H groups in total. The molecule has 0 aliphatic rings. The molecular formula is C17H20N2O6. The summed E-state index contributed by atoms with van der Waals surface area (Å²) in [6.45, 7) is 3.10. The van der Waals surface area contributed by atoms with Crippen molar-refractivity contribution in [2.45, 2.75) is 33.0 Å². The Bertz CT molecular complexity index is 650. The number of terminal acetylenes is 1. The summed E-state index contributed by atoms with van der Waals surface area (Å²) >= 11 is 0. The quantitative estimate of drug-likeness (QED) is 0.310. The molecule has 1 rings (SSSR count). The number of carbonyl (C=O) groups is 2. The van der Waals surface area contributed by atoms with E-state index in [0.717, 1.165) is 4.90 Å². The van der Waals surface area contributed by atoms with Gasteiger partial charge in [-0.05, 0) is 31.0 Å². The molecule has 25 heavy (non-hydrogen) atoms. The lowest BCUT2D eigenvalue weighted by atomic mass is 10.2. The van der Waals surface area contributed by atoms with Gasteiger partial charge in [0.25, 0.3) is 5.69 Å². The van der Waals surface area contributed by atoms with Crippen molar-refractivity contribution in [3.63, 3.8) is 0 Å². The van der Waals surface area contributed by atoms with Crippen LogP contribution in [0.4, 0.5) is 10.5 Å². The van der Waals surface area contributed by atoms with Crippen LogP contribution in [-0.4, -0.2) is 41.1 Å². The largest absolute Gasteiger partial charge is 0.461 e. The van der Waals surface area contributed by atoms with Crippen LogP contribution in [-0.2, 0) is 20.9 Å². The zero-order valence-corrected chi connectivity index (χ0v) is 14.1. The van der Waals surface area contributed by atoms with Gasteiger partial charge in [-0.3, -0.25) is 19.8 Å². The first kappa shape index (κ1) is 20.0. The van der Waals surface area contributed by atoms with Crippen LogP contribution in [0, 0.1) is 22.5 Å². The molecule has 0 aliphatic heterocycles. The average Bonchev–Trinajstić information content (AvgIpc) is 2.59. The van der Waals surface area contributed by atoms with Crippen molar-refractivity contribution in [2.75, 3.05) is 13.1 Å². The number of ether oxygens (including phenoxy) is 2. The topological polar surface area (TPSA) is 99.0 Å².